The number of aromatic nitrogens is 4. The van der Waals surface area contributed by atoms with Gasteiger partial charge in [0.2, 0.25) is 5.95 Å². The molecule has 2 aromatic heterocycles. The van der Waals surface area contributed by atoms with Crippen LogP contribution in [0.15, 0.2) is 16.2 Å². The maximum absolute atomic E-state index is 11.7. The topological polar surface area (TPSA) is 205 Å². The number of hydrogen-bond donors (Lipinski definition) is 4. The zero-order valence-electron chi connectivity index (χ0n) is 11.6. The van der Waals surface area contributed by atoms with E-state index in [1.54, 1.807) is 0 Å². The standard InChI is InChI=1S/C9H13N8O5P/c10-9-14-7-6(8(18)15-9)12-3-17(7)2-5(1-13-16-11)22-4-23(19,20)21/h3,5H,1-2,4H2,(H2,19,20,21)(H3,10,14,15,18)/t5-/m0/s1. The van der Waals surface area contributed by atoms with E-state index in [2.05, 4.69) is 25.0 Å². The second kappa shape index (κ2) is 6.77. The molecule has 23 heavy (non-hydrogen) atoms. The minimum absolute atomic E-state index is 0.00537. The Balaban J connectivity index is 2.26. The highest BCUT2D eigenvalue weighted by molar-refractivity contribution is 7.51. The van der Waals surface area contributed by atoms with E-state index in [0.717, 1.165) is 0 Å². The molecule has 0 saturated carbocycles. The molecule has 0 fully saturated rings. The maximum Gasteiger partial charge on any atom is 0.350 e. The molecule has 2 heterocycles. The van der Waals surface area contributed by atoms with Crippen molar-refractivity contribution >= 4 is 24.7 Å². The third kappa shape index (κ3) is 4.52. The Kier molecular flexibility index (Phi) is 4.98. The van der Waals surface area contributed by atoms with Crippen LogP contribution in [0.2, 0.25) is 0 Å². The van der Waals surface area contributed by atoms with Gasteiger partial charge in [0.1, 0.15) is 6.35 Å². The SMILES string of the molecule is [N-]=[N+]=NC[C@@H](Cn1cnc2c(=O)[nH]c(N)nc21)OCP(=O)(O)O. The van der Waals surface area contributed by atoms with E-state index < -0.39 is 25.6 Å². The summed E-state index contributed by atoms with van der Waals surface area (Å²) in [6, 6.07) is 0. The average molecular weight is 344 g/mol. The van der Waals surface area contributed by atoms with Crippen LogP contribution >= 0.6 is 7.60 Å². The highest BCUT2D eigenvalue weighted by atomic mass is 31.2. The zero-order valence-corrected chi connectivity index (χ0v) is 12.5. The minimum Gasteiger partial charge on any atom is -0.369 e. The number of nitrogens with two attached hydrogens (primary N) is 1. The van der Waals surface area contributed by atoms with Crippen LogP contribution in [0.25, 0.3) is 21.6 Å². The number of hydrogen-bond acceptors (Lipinski definition) is 7. The van der Waals surface area contributed by atoms with Gasteiger partial charge >= 0.3 is 7.60 Å². The number of H-pyrrole nitrogens is 1. The van der Waals surface area contributed by atoms with E-state index in [4.69, 9.17) is 25.8 Å². The predicted molar refractivity (Wildman–Crippen MR) is 78.4 cm³/mol. The first-order valence-corrected chi connectivity index (χ1v) is 7.97. The molecule has 124 valence electrons. The molecule has 0 aromatic carbocycles. The number of nitrogens with zero attached hydrogens (tertiary/aromatic N) is 6. The van der Waals surface area contributed by atoms with Crippen molar-refractivity contribution in [3.63, 3.8) is 0 Å². The number of azide groups is 1. The van der Waals surface area contributed by atoms with Gasteiger partial charge in [0, 0.05) is 4.91 Å². The van der Waals surface area contributed by atoms with E-state index in [1.165, 1.54) is 10.9 Å². The number of nitrogens with one attached hydrogen (secondary N) is 1. The number of anilines is 1. The summed E-state index contributed by atoms with van der Waals surface area (Å²) in [6.07, 6.45) is -0.379. The number of aromatic amines is 1. The lowest BCUT2D eigenvalue weighted by Crippen LogP contribution is -2.24. The van der Waals surface area contributed by atoms with Gasteiger partial charge in [0.05, 0.1) is 25.5 Å². The van der Waals surface area contributed by atoms with E-state index in [-0.39, 0.29) is 30.2 Å². The summed E-state index contributed by atoms with van der Waals surface area (Å²) in [7, 11) is -4.38. The quantitative estimate of drug-likeness (QED) is 0.223. The summed E-state index contributed by atoms with van der Waals surface area (Å²) in [4.78, 5) is 42.1. The molecule has 1 atom stereocenters. The Bertz CT molecular complexity index is 849. The second-order valence-electron chi connectivity index (χ2n) is 4.52. The van der Waals surface area contributed by atoms with Gasteiger partial charge in [-0.2, -0.15) is 4.98 Å². The number of imidazole rings is 1. The normalized spacial score (nSPS) is 13.0. The van der Waals surface area contributed by atoms with Gasteiger partial charge in [0.15, 0.2) is 11.2 Å². The second-order valence-corrected chi connectivity index (χ2v) is 6.10. The van der Waals surface area contributed by atoms with Crippen molar-refractivity contribution in [2.24, 2.45) is 5.11 Å². The fourth-order valence-electron chi connectivity index (χ4n) is 1.82. The molecule has 14 heteroatoms. The van der Waals surface area contributed by atoms with Crippen LogP contribution in [0.1, 0.15) is 0 Å². The highest BCUT2D eigenvalue weighted by Gasteiger charge is 2.19. The molecule has 2 rings (SSSR count). The van der Waals surface area contributed by atoms with Crippen molar-refractivity contribution in [1.29, 1.82) is 0 Å². The van der Waals surface area contributed by atoms with E-state index in [1.807, 2.05) is 0 Å². The molecule has 0 bridgehead atoms. The lowest BCUT2D eigenvalue weighted by molar-refractivity contribution is 0.0692. The Labute approximate surface area is 127 Å². The molecule has 13 nitrogen and oxygen atoms in total. The van der Waals surface area contributed by atoms with Gasteiger partial charge < -0.3 is 24.8 Å². The molecule has 0 aliphatic carbocycles. The number of fused-ring (bicyclic) bond motifs is 1. The summed E-state index contributed by atoms with van der Waals surface area (Å²) in [5.74, 6) is -0.105. The first kappa shape index (κ1) is 16.9. The van der Waals surface area contributed by atoms with Gasteiger partial charge in [-0.05, 0) is 5.53 Å². The van der Waals surface area contributed by atoms with Crippen molar-refractivity contribution in [3.8, 4) is 0 Å². The molecule has 0 aliphatic heterocycles. The Hall–Kier alpha value is -2.43. The van der Waals surface area contributed by atoms with Crippen LogP contribution in [-0.4, -0.2) is 48.3 Å². The number of ether oxygens (including phenoxy) is 1. The first-order valence-electron chi connectivity index (χ1n) is 6.18. The predicted octanol–water partition coefficient (Wildman–Crippen LogP) is -0.468. The lowest BCUT2D eigenvalue weighted by Gasteiger charge is -2.17. The average Bonchev–Trinajstić information content (AvgIpc) is 2.84. The molecule has 0 saturated heterocycles. The molecule has 2 aromatic rings. The summed E-state index contributed by atoms with van der Waals surface area (Å²) in [5.41, 5.74) is 13.6. The highest BCUT2D eigenvalue weighted by Crippen LogP contribution is 2.34. The molecular formula is C9H13N8O5P. The summed E-state index contributed by atoms with van der Waals surface area (Å²) in [5, 5.41) is 3.32. The largest absolute Gasteiger partial charge is 0.369 e. The van der Waals surface area contributed by atoms with Gasteiger partial charge in [-0.3, -0.25) is 14.3 Å². The number of rotatable bonds is 7. The monoisotopic (exact) mass is 344 g/mol. The Morgan fingerprint density at radius 1 is 1.61 bits per heavy atom. The minimum atomic E-state index is -4.38. The fraction of sp³-hybridized carbons (Fsp3) is 0.444. The van der Waals surface area contributed by atoms with Gasteiger partial charge in [-0.25, -0.2) is 4.98 Å². The van der Waals surface area contributed by atoms with Crippen LogP contribution < -0.4 is 11.3 Å². The van der Waals surface area contributed by atoms with Crippen molar-refractivity contribution in [1.82, 2.24) is 19.5 Å². The summed E-state index contributed by atoms with van der Waals surface area (Å²) in [6.45, 7) is -0.166. The Morgan fingerprint density at radius 2 is 2.35 bits per heavy atom. The van der Waals surface area contributed by atoms with Gasteiger partial charge in [-0.1, -0.05) is 5.11 Å². The molecule has 0 radical (unpaired) electrons. The van der Waals surface area contributed by atoms with Crippen LogP contribution in [0.5, 0.6) is 0 Å². The van der Waals surface area contributed by atoms with E-state index >= 15 is 0 Å². The van der Waals surface area contributed by atoms with Crippen molar-refractivity contribution in [2.75, 3.05) is 18.6 Å². The molecule has 0 spiro atoms. The van der Waals surface area contributed by atoms with Crippen LogP contribution in [0.3, 0.4) is 0 Å². The van der Waals surface area contributed by atoms with Crippen LogP contribution in [0.4, 0.5) is 5.95 Å². The zero-order chi connectivity index (χ0) is 17.0. The summed E-state index contributed by atoms with van der Waals surface area (Å²) < 4.78 is 17.4. The smallest absolute Gasteiger partial charge is 0.350 e. The van der Waals surface area contributed by atoms with Crippen molar-refractivity contribution in [2.45, 2.75) is 12.6 Å². The molecular weight excluding hydrogens is 331 g/mol. The summed E-state index contributed by atoms with van der Waals surface area (Å²) >= 11 is 0. The molecule has 0 amide bonds. The van der Waals surface area contributed by atoms with Crippen molar-refractivity contribution < 1.29 is 19.1 Å². The van der Waals surface area contributed by atoms with Crippen LogP contribution in [-0.2, 0) is 15.8 Å². The van der Waals surface area contributed by atoms with Crippen molar-refractivity contribution in [3.05, 3.63) is 27.1 Å². The third-order valence-corrected chi connectivity index (χ3v) is 3.21. The molecule has 0 unspecified atom stereocenters. The Morgan fingerprint density at radius 3 is 3.00 bits per heavy atom. The first-order chi connectivity index (χ1) is 10.8. The molecule has 0 aliphatic rings. The van der Waals surface area contributed by atoms with E-state index in [9.17, 15) is 9.36 Å². The maximum atomic E-state index is 11.7. The van der Waals surface area contributed by atoms with Gasteiger partial charge in [-0.15, -0.1) is 0 Å². The van der Waals surface area contributed by atoms with E-state index in [0.29, 0.717) is 0 Å². The third-order valence-electron chi connectivity index (χ3n) is 2.72. The fourth-order valence-corrected chi connectivity index (χ4v) is 2.22. The van der Waals surface area contributed by atoms with Crippen LogP contribution in [0, 0.1) is 0 Å². The molecule has 5 N–H and O–H groups in total. The number of nitrogen functional groups attached to an aromatic ring is 1. The lowest BCUT2D eigenvalue weighted by atomic mass is 10.3. The van der Waals surface area contributed by atoms with Gasteiger partial charge in [0.25, 0.3) is 5.56 Å².